The Kier molecular flexibility index (Phi) is 7.23. The predicted octanol–water partition coefficient (Wildman–Crippen LogP) is 4.42. The fourth-order valence-corrected chi connectivity index (χ4v) is 1.74. The predicted molar refractivity (Wildman–Crippen MR) is 57.3 cm³/mol. The number of allylic oxidation sites excluding steroid dienone is 1. The molecule has 0 aromatic carbocycles. The number of rotatable bonds is 7. The lowest BCUT2D eigenvalue weighted by Crippen LogP contribution is -2.02. The molecule has 72 valence electrons. The molecule has 12 heavy (non-hydrogen) atoms. The molecular formula is C12H24. The van der Waals surface area contributed by atoms with Crippen LogP contribution >= 0.6 is 0 Å². The summed E-state index contributed by atoms with van der Waals surface area (Å²) in [5.41, 5.74) is 0. The summed E-state index contributed by atoms with van der Waals surface area (Å²) in [5.74, 6) is 1.73. The van der Waals surface area contributed by atoms with E-state index in [0.717, 1.165) is 11.8 Å². The lowest BCUT2D eigenvalue weighted by molar-refractivity contribution is 0.388. The molecule has 0 aliphatic carbocycles. The van der Waals surface area contributed by atoms with Crippen molar-refractivity contribution in [3.8, 4) is 0 Å². The van der Waals surface area contributed by atoms with E-state index in [1.807, 2.05) is 6.08 Å². The van der Waals surface area contributed by atoms with Crippen LogP contribution in [0.15, 0.2) is 12.7 Å². The minimum Gasteiger partial charge on any atom is -0.103 e. The highest BCUT2D eigenvalue weighted by molar-refractivity contribution is 4.71. The standard InChI is InChI=1S/C12H24/c1-5-7-9-12(4)10-11(3)8-6-2/h6,11-12H,2,5,7-10H2,1,3-4H3/t11-,12-/m0/s1. The molecule has 0 aromatic heterocycles. The molecule has 0 saturated carbocycles. The summed E-state index contributed by atoms with van der Waals surface area (Å²) in [4.78, 5) is 0. The van der Waals surface area contributed by atoms with Crippen molar-refractivity contribution < 1.29 is 0 Å². The summed E-state index contributed by atoms with van der Waals surface area (Å²) >= 11 is 0. The van der Waals surface area contributed by atoms with Crippen molar-refractivity contribution in [1.29, 1.82) is 0 Å². The van der Waals surface area contributed by atoms with Crippen molar-refractivity contribution >= 4 is 0 Å². The molecule has 0 heteroatoms. The zero-order chi connectivity index (χ0) is 9.40. The van der Waals surface area contributed by atoms with Crippen molar-refractivity contribution in [2.75, 3.05) is 0 Å². The van der Waals surface area contributed by atoms with Gasteiger partial charge in [0, 0.05) is 0 Å². The third-order valence-electron chi connectivity index (χ3n) is 2.42. The van der Waals surface area contributed by atoms with E-state index in [0.29, 0.717) is 0 Å². The lowest BCUT2D eigenvalue weighted by Gasteiger charge is -2.15. The fraction of sp³-hybridized carbons (Fsp3) is 0.833. The van der Waals surface area contributed by atoms with Crippen molar-refractivity contribution in [2.24, 2.45) is 11.8 Å². The number of hydrogen-bond donors (Lipinski definition) is 0. The third kappa shape index (κ3) is 6.45. The Hall–Kier alpha value is -0.260. The van der Waals surface area contributed by atoms with Crippen molar-refractivity contribution in [2.45, 2.75) is 52.9 Å². The van der Waals surface area contributed by atoms with Crippen molar-refractivity contribution in [3.63, 3.8) is 0 Å². The first-order valence-electron chi connectivity index (χ1n) is 5.31. The van der Waals surface area contributed by atoms with E-state index < -0.39 is 0 Å². The molecule has 0 spiro atoms. The van der Waals surface area contributed by atoms with Crippen LogP contribution in [-0.2, 0) is 0 Å². The zero-order valence-corrected chi connectivity index (χ0v) is 8.97. The Bertz CT molecular complexity index is 105. The largest absolute Gasteiger partial charge is 0.103 e. The van der Waals surface area contributed by atoms with Crippen LogP contribution in [0.1, 0.15) is 52.9 Å². The van der Waals surface area contributed by atoms with Gasteiger partial charge < -0.3 is 0 Å². The highest BCUT2D eigenvalue weighted by Crippen LogP contribution is 2.19. The highest BCUT2D eigenvalue weighted by Gasteiger charge is 2.06. The number of unbranched alkanes of at least 4 members (excludes halogenated alkanes) is 1. The van der Waals surface area contributed by atoms with Gasteiger partial charge in [-0.1, -0.05) is 46.1 Å². The average molecular weight is 168 g/mol. The maximum atomic E-state index is 3.77. The molecule has 0 aliphatic rings. The maximum absolute atomic E-state index is 3.77. The quantitative estimate of drug-likeness (QED) is 0.494. The molecule has 0 N–H and O–H groups in total. The second-order valence-corrected chi connectivity index (χ2v) is 4.11. The molecule has 0 rings (SSSR count). The van der Waals surface area contributed by atoms with Crippen molar-refractivity contribution in [1.82, 2.24) is 0 Å². The van der Waals surface area contributed by atoms with Crippen molar-refractivity contribution in [3.05, 3.63) is 12.7 Å². The van der Waals surface area contributed by atoms with Gasteiger partial charge in [0.2, 0.25) is 0 Å². The van der Waals surface area contributed by atoms with Crippen LogP contribution in [-0.4, -0.2) is 0 Å². The van der Waals surface area contributed by atoms with Crippen LogP contribution in [0.5, 0.6) is 0 Å². The van der Waals surface area contributed by atoms with Gasteiger partial charge in [0.25, 0.3) is 0 Å². The first-order valence-corrected chi connectivity index (χ1v) is 5.31. The Balaban J connectivity index is 3.39. The minimum atomic E-state index is 0.828. The van der Waals surface area contributed by atoms with Gasteiger partial charge >= 0.3 is 0 Å². The van der Waals surface area contributed by atoms with E-state index in [-0.39, 0.29) is 0 Å². The molecule has 0 saturated heterocycles. The maximum Gasteiger partial charge on any atom is -0.0327 e. The SMILES string of the molecule is C=CC[C@H](C)C[C@@H](C)CCCC. The monoisotopic (exact) mass is 168 g/mol. The van der Waals surface area contributed by atoms with E-state index in [4.69, 9.17) is 0 Å². The second kappa shape index (κ2) is 7.39. The third-order valence-corrected chi connectivity index (χ3v) is 2.42. The molecule has 0 aliphatic heterocycles. The molecule has 0 heterocycles. The van der Waals surface area contributed by atoms with Gasteiger partial charge in [-0.15, -0.1) is 6.58 Å². The topological polar surface area (TPSA) is 0 Å². The fourth-order valence-electron chi connectivity index (χ4n) is 1.74. The van der Waals surface area contributed by atoms with Crippen LogP contribution in [0.25, 0.3) is 0 Å². The summed E-state index contributed by atoms with van der Waals surface area (Å²) in [6, 6.07) is 0. The Labute approximate surface area is 78.1 Å². The lowest BCUT2D eigenvalue weighted by atomic mass is 9.91. The van der Waals surface area contributed by atoms with Gasteiger partial charge in [-0.3, -0.25) is 0 Å². The van der Waals surface area contributed by atoms with Crippen LogP contribution in [0.4, 0.5) is 0 Å². The van der Waals surface area contributed by atoms with Gasteiger partial charge in [0.1, 0.15) is 0 Å². The molecule has 2 atom stereocenters. The molecule has 0 amide bonds. The molecule has 0 aromatic rings. The van der Waals surface area contributed by atoms with Gasteiger partial charge in [0.05, 0.1) is 0 Å². The average Bonchev–Trinajstić information content (AvgIpc) is 2.01. The zero-order valence-electron chi connectivity index (χ0n) is 8.97. The smallest absolute Gasteiger partial charge is 0.0327 e. The second-order valence-electron chi connectivity index (χ2n) is 4.11. The summed E-state index contributed by atoms with van der Waals surface area (Å²) in [5, 5.41) is 0. The van der Waals surface area contributed by atoms with E-state index in [1.54, 1.807) is 0 Å². The Morgan fingerprint density at radius 1 is 1.25 bits per heavy atom. The summed E-state index contributed by atoms with van der Waals surface area (Å²) in [6.07, 6.45) is 8.71. The normalized spacial score (nSPS) is 15.6. The van der Waals surface area contributed by atoms with E-state index >= 15 is 0 Å². The minimum absolute atomic E-state index is 0.828. The Morgan fingerprint density at radius 2 is 1.92 bits per heavy atom. The Morgan fingerprint density at radius 3 is 2.42 bits per heavy atom. The van der Waals surface area contributed by atoms with Crippen LogP contribution in [0, 0.1) is 11.8 Å². The molecule has 0 nitrogen and oxygen atoms in total. The summed E-state index contributed by atoms with van der Waals surface area (Å²) < 4.78 is 0. The van der Waals surface area contributed by atoms with Crippen LogP contribution < -0.4 is 0 Å². The molecular weight excluding hydrogens is 144 g/mol. The first-order chi connectivity index (χ1) is 5.70. The van der Waals surface area contributed by atoms with E-state index in [2.05, 4.69) is 27.4 Å². The summed E-state index contributed by atoms with van der Waals surface area (Å²) in [7, 11) is 0. The number of hydrogen-bond acceptors (Lipinski definition) is 0. The van der Waals surface area contributed by atoms with Gasteiger partial charge in [-0.05, 0) is 24.7 Å². The molecule has 0 bridgehead atoms. The molecule has 0 unspecified atom stereocenters. The molecule has 0 radical (unpaired) electrons. The highest BCUT2D eigenvalue weighted by atomic mass is 14.1. The summed E-state index contributed by atoms with van der Waals surface area (Å²) in [6.45, 7) is 10.7. The molecule has 0 fully saturated rings. The van der Waals surface area contributed by atoms with E-state index in [1.165, 1.54) is 32.1 Å². The van der Waals surface area contributed by atoms with Crippen LogP contribution in [0.3, 0.4) is 0 Å². The first kappa shape index (κ1) is 11.7. The van der Waals surface area contributed by atoms with Gasteiger partial charge in [-0.2, -0.15) is 0 Å². The van der Waals surface area contributed by atoms with E-state index in [9.17, 15) is 0 Å². The van der Waals surface area contributed by atoms with Gasteiger partial charge in [-0.25, -0.2) is 0 Å². The van der Waals surface area contributed by atoms with Gasteiger partial charge in [0.15, 0.2) is 0 Å². The van der Waals surface area contributed by atoms with Crippen LogP contribution in [0.2, 0.25) is 0 Å².